The Bertz CT molecular complexity index is 1110. The highest BCUT2D eigenvalue weighted by Crippen LogP contribution is 2.32. The van der Waals surface area contributed by atoms with Crippen LogP contribution in [-0.2, 0) is 17.4 Å². The summed E-state index contributed by atoms with van der Waals surface area (Å²) in [6.45, 7) is 6.70. The number of hydrogen-bond acceptors (Lipinski definition) is 2. The summed E-state index contributed by atoms with van der Waals surface area (Å²) in [5.41, 5.74) is 2.39. The van der Waals surface area contributed by atoms with Gasteiger partial charge in [-0.15, -0.1) is 0 Å². The van der Waals surface area contributed by atoms with Crippen LogP contribution in [0.5, 0.6) is 5.75 Å². The van der Waals surface area contributed by atoms with Crippen molar-refractivity contribution in [1.29, 1.82) is 0 Å². The molecule has 3 aromatic rings. The number of benzene rings is 3. The molecule has 0 fully saturated rings. The molecule has 0 heterocycles. The highest BCUT2D eigenvalue weighted by atomic mass is 19.4. The molecule has 1 unspecified atom stereocenters. The molecule has 1 amide bonds. The minimum Gasteiger partial charge on any atom is -0.486 e. The number of likely N-dealkylation sites (N-methyl/N-ethyl adjacent to an activating group) is 1. The van der Waals surface area contributed by atoms with E-state index in [0.29, 0.717) is 24.6 Å². The average molecular weight is 498 g/mol. The Kier molecular flexibility index (Phi) is 9.19. The number of hydrogen-bond donors (Lipinski definition) is 0. The third-order valence-corrected chi connectivity index (χ3v) is 6.20. The van der Waals surface area contributed by atoms with E-state index in [4.69, 9.17) is 4.74 Å². The minimum absolute atomic E-state index is 0.0121. The summed E-state index contributed by atoms with van der Waals surface area (Å²) in [6, 6.07) is 22.4. The Morgan fingerprint density at radius 1 is 0.889 bits per heavy atom. The van der Waals surface area contributed by atoms with Crippen molar-refractivity contribution < 1.29 is 22.7 Å². The summed E-state index contributed by atoms with van der Waals surface area (Å²) < 4.78 is 44.8. The van der Waals surface area contributed by atoms with Crippen LogP contribution in [-0.4, -0.2) is 24.4 Å². The van der Waals surface area contributed by atoms with Crippen LogP contribution in [0.2, 0.25) is 0 Å². The van der Waals surface area contributed by atoms with E-state index in [9.17, 15) is 18.0 Å². The lowest BCUT2D eigenvalue weighted by Crippen LogP contribution is -2.32. The molecule has 3 rings (SSSR count). The van der Waals surface area contributed by atoms with Crippen molar-refractivity contribution in [3.05, 3.63) is 101 Å². The topological polar surface area (TPSA) is 29.5 Å². The summed E-state index contributed by atoms with van der Waals surface area (Å²) in [5.74, 6) is 0.612. The van der Waals surface area contributed by atoms with Gasteiger partial charge in [-0.2, -0.15) is 13.2 Å². The zero-order valence-corrected chi connectivity index (χ0v) is 21.3. The molecule has 0 bridgehead atoms. The molecular formula is C30H34F3NO2. The molecule has 0 radical (unpaired) electrons. The van der Waals surface area contributed by atoms with Crippen LogP contribution < -0.4 is 4.74 Å². The summed E-state index contributed by atoms with van der Waals surface area (Å²) in [7, 11) is 1.77. The predicted molar refractivity (Wildman–Crippen MR) is 137 cm³/mol. The monoisotopic (exact) mass is 497 g/mol. The van der Waals surface area contributed by atoms with E-state index in [1.807, 2.05) is 49.4 Å². The lowest BCUT2D eigenvalue weighted by atomic mass is 9.94. The fraction of sp³-hybridized carbons (Fsp3) is 0.367. The highest BCUT2D eigenvalue weighted by molar-refractivity contribution is 5.83. The molecule has 0 N–H and O–H groups in total. The fourth-order valence-corrected chi connectivity index (χ4v) is 4.20. The Labute approximate surface area is 211 Å². The zero-order chi connectivity index (χ0) is 26.3. The van der Waals surface area contributed by atoms with Gasteiger partial charge in [0.25, 0.3) is 0 Å². The van der Waals surface area contributed by atoms with Gasteiger partial charge in [-0.3, -0.25) is 4.79 Å². The van der Waals surface area contributed by atoms with E-state index in [1.54, 1.807) is 11.9 Å². The van der Waals surface area contributed by atoms with Crippen LogP contribution in [0.3, 0.4) is 0 Å². The van der Waals surface area contributed by atoms with E-state index in [0.717, 1.165) is 29.7 Å². The number of carbonyl (C=O) groups excluding carboxylic acids is 1. The second-order valence-electron chi connectivity index (χ2n) is 9.65. The molecule has 0 aromatic heterocycles. The quantitative estimate of drug-likeness (QED) is 0.288. The van der Waals surface area contributed by atoms with Crippen molar-refractivity contribution >= 4 is 5.91 Å². The Morgan fingerprint density at radius 3 is 2.14 bits per heavy atom. The Hall–Kier alpha value is -3.28. The molecule has 192 valence electrons. The number of alkyl halides is 3. The second kappa shape index (κ2) is 12.1. The van der Waals surface area contributed by atoms with Crippen LogP contribution >= 0.6 is 0 Å². The van der Waals surface area contributed by atoms with Crippen LogP contribution in [0.1, 0.15) is 61.5 Å². The molecule has 0 spiro atoms. The standard InChI is InChI=1S/C30H34F3NO2/c1-21(2)19-23-9-8-12-25(20-23)22(3)29(35)34(4)18-17-28(24-10-6-5-7-11-24)36-27-15-13-26(14-16-27)30(31,32)33/h5-16,20-22,28H,17-19H2,1-4H3/t22?,28-/m1/s1. The molecule has 3 aromatic carbocycles. The zero-order valence-electron chi connectivity index (χ0n) is 21.3. The minimum atomic E-state index is -4.40. The maximum absolute atomic E-state index is 13.2. The van der Waals surface area contributed by atoms with Gasteiger partial charge in [-0.1, -0.05) is 68.4 Å². The predicted octanol–water partition coefficient (Wildman–Crippen LogP) is 7.68. The summed E-state index contributed by atoms with van der Waals surface area (Å²) in [5, 5.41) is 0. The molecule has 3 nitrogen and oxygen atoms in total. The number of amides is 1. The smallest absolute Gasteiger partial charge is 0.416 e. The van der Waals surface area contributed by atoms with Gasteiger partial charge in [0.05, 0.1) is 11.5 Å². The molecule has 0 saturated carbocycles. The Balaban J connectivity index is 1.69. The van der Waals surface area contributed by atoms with Crippen molar-refractivity contribution in [1.82, 2.24) is 4.90 Å². The number of carbonyl (C=O) groups is 1. The number of halogens is 3. The van der Waals surface area contributed by atoms with Gasteiger partial charge in [0, 0.05) is 20.0 Å². The third-order valence-electron chi connectivity index (χ3n) is 6.20. The summed E-state index contributed by atoms with van der Waals surface area (Å²) in [6.07, 6.45) is -3.36. The molecule has 0 aliphatic heterocycles. The van der Waals surface area contributed by atoms with Crippen molar-refractivity contribution in [2.24, 2.45) is 5.92 Å². The van der Waals surface area contributed by atoms with Gasteiger partial charge >= 0.3 is 6.18 Å². The first-order chi connectivity index (χ1) is 17.0. The van der Waals surface area contributed by atoms with Gasteiger partial charge in [0.2, 0.25) is 5.91 Å². The van der Waals surface area contributed by atoms with Gasteiger partial charge in [0.15, 0.2) is 0 Å². The van der Waals surface area contributed by atoms with Crippen molar-refractivity contribution in [3.8, 4) is 5.75 Å². The molecule has 0 aliphatic rings. The lowest BCUT2D eigenvalue weighted by Gasteiger charge is -2.26. The number of rotatable bonds is 10. The maximum atomic E-state index is 13.2. The maximum Gasteiger partial charge on any atom is 0.416 e. The lowest BCUT2D eigenvalue weighted by molar-refractivity contribution is -0.137. The second-order valence-corrected chi connectivity index (χ2v) is 9.65. The van der Waals surface area contributed by atoms with E-state index in [1.165, 1.54) is 17.7 Å². The Morgan fingerprint density at radius 2 is 1.53 bits per heavy atom. The van der Waals surface area contributed by atoms with Crippen molar-refractivity contribution in [3.63, 3.8) is 0 Å². The van der Waals surface area contributed by atoms with E-state index in [2.05, 4.69) is 26.0 Å². The molecule has 0 aliphatic carbocycles. The van der Waals surface area contributed by atoms with Crippen LogP contribution in [0, 0.1) is 5.92 Å². The number of ether oxygens (including phenoxy) is 1. The van der Waals surface area contributed by atoms with Crippen LogP contribution in [0.15, 0.2) is 78.9 Å². The van der Waals surface area contributed by atoms with E-state index in [-0.39, 0.29) is 11.8 Å². The fourth-order valence-electron chi connectivity index (χ4n) is 4.20. The normalized spacial score (nSPS) is 13.3. The molecule has 36 heavy (non-hydrogen) atoms. The molecular weight excluding hydrogens is 463 g/mol. The van der Waals surface area contributed by atoms with Gasteiger partial charge in [-0.25, -0.2) is 0 Å². The van der Waals surface area contributed by atoms with E-state index < -0.39 is 17.8 Å². The highest BCUT2D eigenvalue weighted by Gasteiger charge is 2.30. The van der Waals surface area contributed by atoms with Crippen LogP contribution in [0.4, 0.5) is 13.2 Å². The number of nitrogens with zero attached hydrogens (tertiary/aromatic N) is 1. The molecule has 2 atom stereocenters. The third kappa shape index (κ3) is 7.61. The molecule has 6 heteroatoms. The first kappa shape index (κ1) is 27.3. The average Bonchev–Trinajstić information content (AvgIpc) is 2.85. The first-order valence-electron chi connectivity index (χ1n) is 12.3. The van der Waals surface area contributed by atoms with Crippen LogP contribution in [0.25, 0.3) is 0 Å². The summed E-state index contributed by atoms with van der Waals surface area (Å²) in [4.78, 5) is 14.9. The van der Waals surface area contributed by atoms with Gasteiger partial charge < -0.3 is 9.64 Å². The van der Waals surface area contributed by atoms with E-state index >= 15 is 0 Å². The van der Waals surface area contributed by atoms with Gasteiger partial charge in [0.1, 0.15) is 11.9 Å². The van der Waals surface area contributed by atoms with Crippen molar-refractivity contribution in [2.45, 2.75) is 51.8 Å². The van der Waals surface area contributed by atoms with Crippen molar-refractivity contribution in [2.75, 3.05) is 13.6 Å². The largest absolute Gasteiger partial charge is 0.486 e. The first-order valence-corrected chi connectivity index (χ1v) is 12.3. The summed E-state index contributed by atoms with van der Waals surface area (Å²) >= 11 is 0. The SMILES string of the molecule is CC(C)Cc1cccc(C(C)C(=O)N(C)CC[C@@H](Oc2ccc(C(F)(F)F)cc2)c2ccccc2)c1. The molecule has 0 saturated heterocycles. The van der Waals surface area contributed by atoms with Gasteiger partial charge in [-0.05, 0) is 60.2 Å².